The summed E-state index contributed by atoms with van der Waals surface area (Å²) in [5, 5.41) is 0. The Balaban J connectivity index is 2.42. The number of rotatable bonds is 11. The third kappa shape index (κ3) is 10.3. The average molecular weight is 484 g/mol. The van der Waals surface area contributed by atoms with Gasteiger partial charge in [-0.2, -0.15) is 0 Å². The van der Waals surface area contributed by atoms with E-state index in [4.69, 9.17) is 69.6 Å². The molecule has 0 radical (unpaired) electrons. The van der Waals surface area contributed by atoms with Gasteiger partial charge in [0.2, 0.25) is 7.59 Å². The van der Waals surface area contributed by atoms with Gasteiger partial charge >= 0.3 is 0 Å². The Morgan fingerprint density at radius 1 is 0.577 bits per heavy atom. The maximum absolute atomic E-state index is 5.87. The molecule has 0 saturated heterocycles. The molecular formula is C17H25Cl6N3. The molecule has 0 unspecified atom stereocenters. The van der Waals surface area contributed by atoms with Crippen LogP contribution < -0.4 is 0 Å². The number of alkyl halides is 6. The zero-order chi connectivity index (χ0) is 19.6. The Hall–Kier alpha value is 0.750. The fourth-order valence-electron chi connectivity index (χ4n) is 2.56. The van der Waals surface area contributed by atoms with Crippen molar-refractivity contribution in [1.82, 2.24) is 15.0 Å². The van der Waals surface area contributed by atoms with Gasteiger partial charge in [0.05, 0.1) is 0 Å². The summed E-state index contributed by atoms with van der Waals surface area (Å²) in [7, 11) is 0. The third-order valence-electron chi connectivity index (χ3n) is 3.94. The van der Waals surface area contributed by atoms with Crippen LogP contribution in [0, 0.1) is 0 Å². The molecule has 1 rings (SSSR count). The highest BCUT2D eigenvalue weighted by Gasteiger charge is 2.33. The monoisotopic (exact) mass is 481 g/mol. The summed E-state index contributed by atoms with van der Waals surface area (Å²) in [6, 6.07) is 0. The number of aromatic nitrogens is 3. The molecule has 0 N–H and O–H groups in total. The van der Waals surface area contributed by atoms with E-state index >= 15 is 0 Å². The first-order chi connectivity index (χ1) is 12.1. The predicted octanol–water partition coefficient (Wildman–Crippen LogP) is 7.99. The second kappa shape index (κ2) is 12.3. The Bertz CT molecular complexity index is 496. The molecule has 9 heteroatoms. The number of aryl methyl sites for hydroxylation is 1. The number of hydrogen-bond donors (Lipinski definition) is 0. The van der Waals surface area contributed by atoms with Crippen molar-refractivity contribution in [1.29, 1.82) is 0 Å². The first-order valence-corrected chi connectivity index (χ1v) is 11.3. The van der Waals surface area contributed by atoms with E-state index in [0.717, 1.165) is 12.8 Å². The molecule has 0 bridgehead atoms. The molecule has 0 aliphatic carbocycles. The van der Waals surface area contributed by atoms with Crippen molar-refractivity contribution in [2.45, 2.75) is 85.1 Å². The van der Waals surface area contributed by atoms with E-state index in [-0.39, 0.29) is 11.6 Å². The fraction of sp³-hybridized carbons (Fsp3) is 0.824. The predicted molar refractivity (Wildman–Crippen MR) is 114 cm³/mol. The van der Waals surface area contributed by atoms with Crippen LogP contribution in [0.4, 0.5) is 0 Å². The lowest BCUT2D eigenvalue weighted by Gasteiger charge is -2.15. The number of nitrogens with zero attached hydrogens (tertiary/aromatic N) is 3. The molecular weight excluding hydrogens is 459 g/mol. The summed E-state index contributed by atoms with van der Waals surface area (Å²) in [5.41, 5.74) is 0. The van der Waals surface area contributed by atoms with Crippen LogP contribution in [0.1, 0.15) is 88.6 Å². The molecule has 0 aliphatic rings. The van der Waals surface area contributed by atoms with Crippen LogP contribution in [0.25, 0.3) is 0 Å². The van der Waals surface area contributed by atoms with Gasteiger partial charge in [-0.3, -0.25) is 0 Å². The normalized spacial score (nSPS) is 12.6. The molecule has 0 aromatic carbocycles. The van der Waals surface area contributed by atoms with E-state index in [0.29, 0.717) is 12.2 Å². The highest BCUT2D eigenvalue weighted by atomic mass is 35.6. The number of unbranched alkanes of at least 4 members (excludes halogenated alkanes) is 9. The first kappa shape index (κ1) is 24.8. The zero-order valence-corrected chi connectivity index (χ0v) is 19.4. The average Bonchev–Trinajstić information content (AvgIpc) is 2.54. The molecule has 0 amide bonds. The Labute approximate surface area is 186 Å². The van der Waals surface area contributed by atoms with E-state index in [2.05, 4.69) is 21.9 Å². The Kier molecular flexibility index (Phi) is 11.8. The van der Waals surface area contributed by atoms with Gasteiger partial charge in [-0.1, -0.05) is 134 Å². The minimum atomic E-state index is -1.79. The van der Waals surface area contributed by atoms with Crippen molar-refractivity contribution >= 4 is 69.6 Å². The van der Waals surface area contributed by atoms with Crippen molar-refractivity contribution in [3.63, 3.8) is 0 Å². The molecule has 0 atom stereocenters. The summed E-state index contributed by atoms with van der Waals surface area (Å²) in [5.74, 6) is 0.420. The standard InChI is InChI=1S/C17H25Cl6N3/c1-2-3-4-5-6-7-8-9-10-11-12-13-24-14(16(18,19)20)26-15(25-13)17(21,22)23/h2-12H2,1H3. The lowest BCUT2D eigenvalue weighted by atomic mass is 10.1. The molecule has 0 fully saturated rings. The highest BCUT2D eigenvalue weighted by molar-refractivity contribution is 6.67. The second-order valence-electron chi connectivity index (χ2n) is 6.33. The molecule has 0 spiro atoms. The van der Waals surface area contributed by atoms with Gasteiger partial charge in [0.15, 0.2) is 11.6 Å². The van der Waals surface area contributed by atoms with Crippen molar-refractivity contribution in [2.75, 3.05) is 0 Å². The summed E-state index contributed by atoms with van der Waals surface area (Å²) >= 11 is 35.2. The maximum atomic E-state index is 5.87. The van der Waals surface area contributed by atoms with Crippen LogP contribution in [-0.4, -0.2) is 15.0 Å². The summed E-state index contributed by atoms with van der Waals surface area (Å²) in [6.07, 6.45) is 13.0. The molecule has 26 heavy (non-hydrogen) atoms. The van der Waals surface area contributed by atoms with E-state index in [1.807, 2.05) is 0 Å². The highest BCUT2D eigenvalue weighted by Crippen LogP contribution is 2.39. The van der Waals surface area contributed by atoms with E-state index in [9.17, 15) is 0 Å². The fourth-order valence-corrected chi connectivity index (χ4v) is 3.06. The van der Waals surface area contributed by atoms with E-state index in [1.54, 1.807) is 0 Å². The van der Waals surface area contributed by atoms with Gasteiger partial charge in [0, 0.05) is 6.42 Å². The van der Waals surface area contributed by atoms with Gasteiger partial charge in [-0.25, -0.2) is 15.0 Å². The molecule has 3 nitrogen and oxygen atoms in total. The molecule has 1 heterocycles. The third-order valence-corrected chi connectivity index (χ3v) is 4.96. The van der Waals surface area contributed by atoms with Gasteiger partial charge < -0.3 is 0 Å². The van der Waals surface area contributed by atoms with Crippen molar-refractivity contribution < 1.29 is 0 Å². The van der Waals surface area contributed by atoms with Crippen LogP contribution in [0.5, 0.6) is 0 Å². The van der Waals surface area contributed by atoms with Crippen molar-refractivity contribution in [2.24, 2.45) is 0 Å². The summed E-state index contributed by atoms with van der Waals surface area (Å²) < 4.78 is -3.58. The molecule has 150 valence electrons. The molecule has 0 saturated carbocycles. The second-order valence-corrected chi connectivity index (χ2v) is 10.9. The Morgan fingerprint density at radius 2 is 0.962 bits per heavy atom. The van der Waals surface area contributed by atoms with Crippen LogP contribution in [0.3, 0.4) is 0 Å². The lowest BCUT2D eigenvalue weighted by Crippen LogP contribution is -2.18. The smallest absolute Gasteiger partial charge is 0.213 e. The summed E-state index contributed by atoms with van der Waals surface area (Å²) in [6.45, 7) is 2.24. The van der Waals surface area contributed by atoms with Gasteiger partial charge in [-0.05, 0) is 6.42 Å². The lowest BCUT2D eigenvalue weighted by molar-refractivity contribution is 0.553. The Morgan fingerprint density at radius 3 is 1.35 bits per heavy atom. The maximum Gasteiger partial charge on any atom is 0.250 e. The number of halogens is 6. The molecule has 0 aliphatic heterocycles. The molecule has 1 aromatic heterocycles. The number of hydrogen-bond acceptors (Lipinski definition) is 3. The van der Waals surface area contributed by atoms with Gasteiger partial charge in [-0.15, -0.1) is 0 Å². The van der Waals surface area contributed by atoms with E-state index < -0.39 is 7.59 Å². The topological polar surface area (TPSA) is 38.7 Å². The minimum absolute atomic E-state index is 0.0269. The first-order valence-electron chi connectivity index (χ1n) is 9.04. The van der Waals surface area contributed by atoms with Crippen molar-refractivity contribution in [3.05, 3.63) is 17.5 Å². The van der Waals surface area contributed by atoms with E-state index in [1.165, 1.54) is 51.4 Å². The van der Waals surface area contributed by atoms with Gasteiger partial charge in [0.25, 0.3) is 0 Å². The largest absolute Gasteiger partial charge is 0.250 e. The SMILES string of the molecule is CCCCCCCCCCCCc1nc(C(Cl)(Cl)Cl)nc(C(Cl)(Cl)Cl)n1. The quantitative estimate of drug-likeness (QED) is 0.236. The minimum Gasteiger partial charge on any atom is -0.213 e. The zero-order valence-electron chi connectivity index (χ0n) is 14.9. The summed E-state index contributed by atoms with van der Waals surface area (Å²) in [4.78, 5) is 12.4. The van der Waals surface area contributed by atoms with Gasteiger partial charge in [0.1, 0.15) is 5.82 Å². The molecule has 1 aromatic rings. The van der Waals surface area contributed by atoms with Crippen LogP contribution in [0.2, 0.25) is 0 Å². The van der Waals surface area contributed by atoms with Crippen molar-refractivity contribution in [3.8, 4) is 0 Å². The van der Waals surface area contributed by atoms with Crippen LogP contribution >= 0.6 is 69.6 Å². The van der Waals surface area contributed by atoms with Crippen LogP contribution in [-0.2, 0) is 14.0 Å². The van der Waals surface area contributed by atoms with Crippen LogP contribution in [0.15, 0.2) is 0 Å².